The van der Waals surface area contributed by atoms with Crippen LogP contribution in [-0.4, -0.2) is 35.2 Å². The van der Waals surface area contributed by atoms with E-state index in [0.29, 0.717) is 40.3 Å². The molecule has 7 heteroatoms. The van der Waals surface area contributed by atoms with Gasteiger partial charge in [0.15, 0.2) is 0 Å². The lowest BCUT2D eigenvalue weighted by Gasteiger charge is -2.13. The van der Waals surface area contributed by atoms with Crippen molar-refractivity contribution < 1.29 is 22.7 Å². The summed E-state index contributed by atoms with van der Waals surface area (Å²) in [6.45, 7) is 3.90. The van der Waals surface area contributed by atoms with Crippen molar-refractivity contribution in [3.63, 3.8) is 0 Å². The van der Waals surface area contributed by atoms with Crippen molar-refractivity contribution in [2.75, 3.05) is 20.8 Å². The quantitative estimate of drug-likeness (QED) is 0.511. The second kappa shape index (κ2) is 9.71. The van der Waals surface area contributed by atoms with Crippen LogP contribution in [0.1, 0.15) is 39.9 Å². The minimum Gasteiger partial charge on any atom is -0.497 e. The van der Waals surface area contributed by atoms with Gasteiger partial charge in [0.2, 0.25) is 10.0 Å². The third kappa shape index (κ3) is 5.56. The maximum atomic E-state index is 12.6. The molecule has 0 aliphatic carbocycles. The Kier molecular flexibility index (Phi) is 7.60. The molecule has 0 aliphatic rings. The number of nitrogens with one attached hydrogen (secondary N) is 1. The number of methoxy groups -OCH3 is 2. The van der Waals surface area contributed by atoms with Crippen LogP contribution in [0.25, 0.3) is 0 Å². The second-order valence-electron chi connectivity index (χ2n) is 6.63. The highest BCUT2D eigenvalue weighted by atomic mass is 32.2. The van der Waals surface area contributed by atoms with Gasteiger partial charge in [-0.3, -0.25) is 0 Å². The normalized spacial score (nSPS) is 11.3. The first-order chi connectivity index (χ1) is 13.3. The van der Waals surface area contributed by atoms with Crippen molar-refractivity contribution >= 4 is 16.0 Å². The van der Waals surface area contributed by atoms with E-state index >= 15 is 0 Å². The molecular formula is C21H27NO5S. The number of sulfonamides is 1. The van der Waals surface area contributed by atoms with Crippen LogP contribution in [0.2, 0.25) is 0 Å². The summed E-state index contributed by atoms with van der Waals surface area (Å²) in [4.78, 5) is 11.7. The van der Waals surface area contributed by atoms with E-state index < -0.39 is 10.0 Å². The fourth-order valence-electron chi connectivity index (χ4n) is 3.11. The third-order valence-electron chi connectivity index (χ3n) is 4.50. The molecule has 0 saturated carbocycles. The van der Waals surface area contributed by atoms with Gasteiger partial charge in [0, 0.05) is 6.54 Å². The third-order valence-corrected chi connectivity index (χ3v) is 6.26. The van der Waals surface area contributed by atoms with Gasteiger partial charge >= 0.3 is 5.97 Å². The molecule has 0 bridgehead atoms. The molecule has 0 spiro atoms. The van der Waals surface area contributed by atoms with Gasteiger partial charge in [-0.2, -0.15) is 0 Å². The van der Waals surface area contributed by atoms with Gasteiger partial charge in [-0.1, -0.05) is 12.1 Å². The summed E-state index contributed by atoms with van der Waals surface area (Å²) in [5.41, 5.74) is 2.94. The van der Waals surface area contributed by atoms with Crippen LogP contribution in [-0.2, 0) is 21.2 Å². The minimum atomic E-state index is -3.57. The first-order valence-corrected chi connectivity index (χ1v) is 10.6. The summed E-state index contributed by atoms with van der Waals surface area (Å²) in [5, 5.41) is 0. The molecule has 0 fully saturated rings. The van der Waals surface area contributed by atoms with E-state index in [4.69, 9.17) is 4.74 Å². The number of hydrogen-bond donors (Lipinski definition) is 1. The van der Waals surface area contributed by atoms with Gasteiger partial charge in [0.05, 0.1) is 24.7 Å². The van der Waals surface area contributed by atoms with E-state index in [1.165, 1.54) is 7.11 Å². The Morgan fingerprint density at radius 2 is 1.61 bits per heavy atom. The zero-order valence-electron chi connectivity index (χ0n) is 16.7. The summed E-state index contributed by atoms with van der Waals surface area (Å²) in [6.07, 6.45) is 2.36. The first kappa shape index (κ1) is 21.9. The lowest BCUT2D eigenvalue weighted by Crippen LogP contribution is -2.26. The van der Waals surface area contributed by atoms with E-state index in [1.54, 1.807) is 45.2 Å². The Morgan fingerprint density at radius 1 is 1.00 bits per heavy atom. The van der Waals surface area contributed by atoms with Crippen molar-refractivity contribution in [3.8, 4) is 5.75 Å². The van der Waals surface area contributed by atoms with Crippen LogP contribution in [0.3, 0.4) is 0 Å². The van der Waals surface area contributed by atoms with E-state index in [9.17, 15) is 13.2 Å². The van der Waals surface area contributed by atoms with Gasteiger partial charge in [-0.05, 0) is 74.1 Å². The molecule has 0 heterocycles. The number of carbonyl (C=O) groups excluding carboxylic acids is 1. The summed E-state index contributed by atoms with van der Waals surface area (Å²) in [5.74, 6) is 0.289. The average Bonchev–Trinajstić information content (AvgIpc) is 2.66. The van der Waals surface area contributed by atoms with Gasteiger partial charge in [-0.15, -0.1) is 0 Å². The SMILES string of the molecule is COC(=O)c1ccc(CCCCNS(=O)(=O)c2c(C)cc(OC)cc2C)cc1. The summed E-state index contributed by atoms with van der Waals surface area (Å²) >= 11 is 0. The van der Waals surface area contributed by atoms with Crippen molar-refractivity contribution in [1.82, 2.24) is 4.72 Å². The zero-order chi connectivity index (χ0) is 20.7. The van der Waals surface area contributed by atoms with Gasteiger partial charge in [0.1, 0.15) is 5.75 Å². The largest absolute Gasteiger partial charge is 0.497 e. The molecule has 0 atom stereocenters. The van der Waals surface area contributed by atoms with Crippen LogP contribution in [0, 0.1) is 13.8 Å². The molecular weight excluding hydrogens is 378 g/mol. The maximum absolute atomic E-state index is 12.6. The molecule has 0 aromatic heterocycles. The Morgan fingerprint density at radius 3 is 2.14 bits per heavy atom. The van der Waals surface area contributed by atoms with Crippen LogP contribution < -0.4 is 9.46 Å². The molecule has 0 saturated heterocycles. The topological polar surface area (TPSA) is 81.7 Å². The predicted octanol–water partition coefficient (Wildman–Crippen LogP) is 3.40. The highest BCUT2D eigenvalue weighted by Crippen LogP contribution is 2.25. The average molecular weight is 406 g/mol. The van der Waals surface area contributed by atoms with Crippen molar-refractivity contribution in [2.24, 2.45) is 0 Å². The van der Waals surface area contributed by atoms with Crippen molar-refractivity contribution in [3.05, 3.63) is 58.7 Å². The van der Waals surface area contributed by atoms with Crippen molar-refractivity contribution in [2.45, 2.75) is 38.0 Å². The standard InChI is InChI=1S/C21H27NO5S/c1-15-13-19(26-3)14-16(2)20(15)28(24,25)22-12-6-5-7-17-8-10-18(11-9-17)21(23)27-4/h8-11,13-14,22H,5-7,12H2,1-4H3. The molecule has 0 radical (unpaired) electrons. The maximum Gasteiger partial charge on any atom is 0.337 e. The van der Waals surface area contributed by atoms with Gasteiger partial charge in [0.25, 0.3) is 0 Å². The molecule has 1 N–H and O–H groups in total. The molecule has 0 amide bonds. The number of hydrogen-bond acceptors (Lipinski definition) is 5. The number of benzene rings is 2. The highest BCUT2D eigenvalue weighted by molar-refractivity contribution is 7.89. The fourth-order valence-corrected chi connectivity index (χ4v) is 4.63. The van der Waals surface area contributed by atoms with Crippen LogP contribution >= 0.6 is 0 Å². The number of rotatable bonds is 9. The molecule has 28 heavy (non-hydrogen) atoms. The lowest BCUT2D eigenvalue weighted by atomic mass is 10.1. The van der Waals surface area contributed by atoms with E-state index in [1.807, 2.05) is 12.1 Å². The molecule has 2 aromatic rings. The molecule has 2 rings (SSSR count). The smallest absolute Gasteiger partial charge is 0.337 e. The summed E-state index contributed by atoms with van der Waals surface area (Å²) < 4.78 is 37.8. The Hall–Kier alpha value is -2.38. The predicted molar refractivity (Wildman–Crippen MR) is 108 cm³/mol. The fraction of sp³-hybridized carbons (Fsp3) is 0.381. The number of aryl methyl sites for hydroxylation is 3. The number of unbranched alkanes of at least 4 members (excludes halogenated alkanes) is 1. The molecule has 0 aliphatic heterocycles. The molecule has 0 unspecified atom stereocenters. The minimum absolute atomic E-state index is 0.312. The Bertz CT molecular complexity index is 897. The van der Waals surface area contributed by atoms with Crippen molar-refractivity contribution in [1.29, 1.82) is 0 Å². The highest BCUT2D eigenvalue weighted by Gasteiger charge is 2.19. The Labute approximate surface area is 166 Å². The summed E-state index contributed by atoms with van der Waals surface area (Å²) in [6, 6.07) is 10.7. The first-order valence-electron chi connectivity index (χ1n) is 9.10. The molecule has 152 valence electrons. The number of ether oxygens (including phenoxy) is 2. The number of esters is 1. The van der Waals surface area contributed by atoms with E-state index in [0.717, 1.165) is 18.4 Å². The van der Waals surface area contributed by atoms with Crippen LogP contribution in [0.15, 0.2) is 41.3 Å². The van der Waals surface area contributed by atoms with Crippen LogP contribution in [0.5, 0.6) is 5.75 Å². The summed E-state index contributed by atoms with van der Waals surface area (Å²) in [7, 11) is -0.654. The molecule has 2 aromatic carbocycles. The Balaban J connectivity index is 1.87. The number of carbonyl (C=O) groups is 1. The molecule has 6 nitrogen and oxygen atoms in total. The zero-order valence-corrected chi connectivity index (χ0v) is 17.6. The van der Waals surface area contributed by atoms with E-state index in [-0.39, 0.29) is 5.97 Å². The lowest BCUT2D eigenvalue weighted by molar-refractivity contribution is 0.0600. The monoisotopic (exact) mass is 405 g/mol. The van der Waals surface area contributed by atoms with E-state index in [2.05, 4.69) is 9.46 Å². The second-order valence-corrected chi connectivity index (χ2v) is 8.34. The van der Waals surface area contributed by atoms with Gasteiger partial charge in [-0.25, -0.2) is 17.9 Å². The van der Waals surface area contributed by atoms with Crippen LogP contribution in [0.4, 0.5) is 0 Å². The van der Waals surface area contributed by atoms with Gasteiger partial charge < -0.3 is 9.47 Å².